The molecule has 2 nitrogen and oxygen atoms in total. The van der Waals surface area contributed by atoms with Crippen molar-refractivity contribution in [3.8, 4) is 5.75 Å². The second kappa shape index (κ2) is 7.70. The Balaban J connectivity index is 2.49. The number of hydrogen-bond acceptors (Lipinski definition) is 2. The zero-order chi connectivity index (χ0) is 11.8. The SMILES string of the molecule is CCCC[Te]C(=O)Cc1ccccc1OC. The molecule has 16 heavy (non-hydrogen) atoms. The number of methoxy groups -OCH3 is 1. The van der Waals surface area contributed by atoms with Gasteiger partial charge in [0.05, 0.1) is 0 Å². The second-order valence-corrected chi connectivity index (χ2v) is 6.85. The third-order valence-electron chi connectivity index (χ3n) is 2.29. The van der Waals surface area contributed by atoms with Crippen LogP contribution < -0.4 is 4.74 Å². The zero-order valence-corrected chi connectivity index (χ0v) is 12.2. The Kier molecular flexibility index (Phi) is 6.52. The van der Waals surface area contributed by atoms with Gasteiger partial charge in [0.1, 0.15) is 0 Å². The Labute approximate surface area is 107 Å². The molecule has 88 valence electrons. The third kappa shape index (κ3) is 4.55. The molecule has 3 heteroatoms. The average molecular weight is 334 g/mol. The summed E-state index contributed by atoms with van der Waals surface area (Å²) in [6.45, 7) is 2.16. The molecule has 1 aromatic carbocycles. The van der Waals surface area contributed by atoms with Gasteiger partial charge in [-0.05, 0) is 0 Å². The molecule has 0 N–H and O–H groups in total. The summed E-state index contributed by atoms with van der Waals surface area (Å²) in [4.78, 5) is 11.8. The molecule has 0 unspecified atom stereocenters. The number of hydrogen-bond donors (Lipinski definition) is 0. The Morgan fingerprint density at radius 3 is 2.81 bits per heavy atom. The molecule has 0 fully saturated rings. The van der Waals surface area contributed by atoms with E-state index in [9.17, 15) is 4.79 Å². The van der Waals surface area contributed by atoms with E-state index < -0.39 is 20.9 Å². The summed E-state index contributed by atoms with van der Waals surface area (Å²) in [6, 6.07) is 7.77. The third-order valence-corrected chi connectivity index (χ3v) is 5.03. The molecular weight excluding hydrogens is 316 g/mol. The van der Waals surface area contributed by atoms with Crippen LogP contribution in [0, 0.1) is 0 Å². The molecule has 0 aliphatic heterocycles. The summed E-state index contributed by atoms with van der Waals surface area (Å²) in [5, 5.41) is 0. The number of ether oxygens (including phenoxy) is 1. The van der Waals surface area contributed by atoms with Crippen molar-refractivity contribution in [2.75, 3.05) is 7.11 Å². The van der Waals surface area contributed by atoms with Crippen molar-refractivity contribution < 1.29 is 9.53 Å². The molecule has 1 aromatic rings. The fraction of sp³-hybridized carbons (Fsp3) is 0.462. The van der Waals surface area contributed by atoms with E-state index in [1.54, 1.807) is 7.11 Å². The van der Waals surface area contributed by atoms with E-state index in [4.69, 9.17) is 4.74 Å². The zero-order valence-electron chi connectivity index (χ0n) is 9.86. The second-order valence-electron chi connectivity index (χ2n) is 3.56. The first kappa shape index (κ1) is 13.5. The Morgan fingerprint density at radius 2 is 2.12 bits per heavy atom. The summed E-state index contributed by atoms with van der Waals surface area (Å²) in [6.07, 6.45) is 2.93. The van der Waals surface area contributed by atoms with Gasteiger partial charge in [0.15, 0.2) is 0 Å². The fourth-order valence-electron chi connectivity index (χ4n) is 1.39. The van der Waals surface area contributed by atoms with Crippen LogP contribution in [0.3, 0.4) is 0 Å². The quantitative estimate of drug-likeness (QED) is 0.566. The van der Waals surface area contributed by atoms with Crippen LogP contribution in [-0.4, -0.2) is 31.9 Å². The van der Waals surface area contributed by atoms with Crippen molar-refractivity contribution in [3.63, 3.8) is 0 Å². The van der Waals surface area contributed by atoms with Crippen LogP contribution in [-0.2, 0) is 11.2 Å². The molecule has 0 spiro atoms. The van der Waals surface area contributed by atoms with Gasteiger partial charge in [-0.3, -0.25) is 0 Å². The first-order valence-corrected chi connectivity index (χ1v) is 8.36. The van der Waals surface area contributed by atoms with Crippen LogP contribution in [0.1, 0.15) is 25.3 Å². The summed E-state index contributed by atoms with van der Waals surface area (Å²) in [5.74, 6) is 0.832. The maximum atomic E-state index is 11.8. The Hall–Kier alpha value is -0.520. The first-order valence-electron chi connectivity index (χ1n) is 5.55. The van der Waals surface area contributed by atoms with Gasteiger partial charge in [-0.1, -0.05) is 0 Å². The number of carbonyl (C=O) groups excluding carboxylic acids is 1. The van der Waals surface area contributed by atoms with Crippen molar-refractivity contribution >= 4 is 24.8 Å². The van der Waals surface area contributed by atoms with E-state index >= 15 is 0 Å². The van der Waals surface area contributed by atoms with Gasteiger partial charge >= 0.3 is 108 Å². The number of benzene rings is 1. The molecule has 0 heterocycles. The van der Waals surface area contributed by atoms with Crippen molar-refractivity contribution in [2.45, 2.75) is 30.7 Å². The molecule has 0 bridgehead atoms. The molecule has 0 radical (unpaired) electrons. The van der Waals surface area contributed by atoms with Crippen LogP contribution in [0.5, 0.6) is 5.75 Å². The van der Waals surface area contributed by atoms with Crippen LogP contribution in [0.15, 0.2) is 24.3 Å². The molecule has 1 rings (SSSR count). The summed E-state index contributed by atoms with van der Waals surface area (Å²) in [5.41, 5.74) is 1.02. The van der Waals surface area contributed by atoms with E-state index in [1.807, 2.05) is 24.3 Å². The normalized spacial score (nSPS) is 10.1. The molecule has 0 aliphatic carbocycles. The number of para-hydroxylation sites is 1. The minimum absolute atomic E-state index is 0.434. The molecule has 0 aliphatic rings. The monoisotopic (exact) mass is 336 g/mol. The van der Waals surface area contributed by atoms with Gasteiger partial charge in [-0.2, -0.15) is 0 Å². The van der Waals surface area contributed by atoms with E-state index in [0.717, 1.165) is 15.8 Å². The Morgan fingerprint density at radius 1 is 1.38 bits per heavy atom. The van der Waals surface area contributed by atoms with Gasteiger partial charge < -0.3 is 0 Å². The molecule has 0 amide bonds. The van der Waals surface area contributed by atoms with Gasteiger partial charge in [0, 0.05) is 0 Å². The van der Waals surface area contributed by atoms with Gasteiger partial charge in [-0.25, -0.2) is 0 Å². The first-order chi connectivity index (χ1) is 7.77. The summed E-state index contributed by atoms with van der Waals surface area (Å²) >= 11 is -0.459. The van der Waals surface area contributed by atoms with Gasteiger partial charge in [0.2, 0.25) is 0 Å². The minimum atomic E-state index is -0.459. The van der Waals surface area contributed by atoms with Crippen molar-refractivity contribution in [1.82, 2.24) is 0 Å². The van der Waals surface area contributed by atoms with Crippen molar-refractivity contribution in [2.24, 2.45) is 0 Å². The van der Waals surface area contributed by atoms with Crippen molar-refractivity contribution in [1.29, 1.82) is 0 Å². The van der Waals surface area contributed by atoms with E-state index in [2.05, 4.69) is 6.92 Å². The standard InChI is InChI=1S/C13H18O2Te/c1-3-4-9-16-13(14)10-11-7-5-6-8-12(11)15-2/h5-8H,3-4,9-10H2,1-2H3. The molecule has 0 saturated heterocycles. The summed E-state index contributed by atoms with van der Waals surface area (Å²) < 4.78 is 6.80. The maximum absolute atomic E-state index is 11.8. The van der Waals surface area contributed by atoms with Crippen molar-refractivity contribution in [3.05, 3.63) is 29.8 Å². The summed E-state index contributed by atoms with van der Waals surface area (Å²) in [7, 11) is 1.65. The van der Waals surface area contributed by atoms with Crippen LogP contribution >= 0.6 is 0 Å². The van der Waals surface area contributed by atoms with E-state index in [-0.39, 0.29) is 0 Å². The molecular formula is C13H18O2Te. The topological polar surface area (TPSA) is 26.3 Å². The van der Waals surface area contributed by atoms with Crippen LogP contribution in [0.2, 0.25) is 4.47 Å². The Bertz CT molecular complexity index is 336. The predicted octanol–water partition coefficient (Wildman–Crippen LogP) is 2.69. The number of carbonyl (C=O) groups is 1. The number of rotatable bonds is 7. The van der Waals surface area contributed by atoms with E-state index in [1.165, 1.54) is 12.8 Å². The predicted molar refractivity (Wildman–Crippen MR) is 67.2 cm³/mol. The van der Waals surface area contributed by atoms with Crippen LogP contribution in [0.25, 0.3) is 0 Å². The van der Waals surface area contributed by atoms with E-state index in [0.29, 0.717) is 10.3 Å². The van der Waals surface area contributed by atoms with Gasteiger partial charge in [0.25, 0.3) is 0 Å². The average Bonchev–Trinajstić information content (AvgIpc) is 2.30. The van der Waals surface area contributed by atoms with Crippen LogP contribution in [0.4, 0.5) is 0 Å². The fourth-order valence-corrected chi connectivity index (χ4v) is 4.01. The number of unbranched alkanes of at least 4 members (excludes halogenated alkanes) is 1. The molecule has 0 atom stereocenters. The van der Waals surface area contributed by atoms with Gasteiger partial charge in [-0.15, -0.1) is 0 Å². The molecule has 0 saturated carbocycles. The molecule has 0 aromatic heterocycles.